The molecule has 274 valence electrons. The molecule has 0 aromatic rings. The summed E-state index contributed by atoms with van der Waals surface area (Å²) < 4.78 is 0. The van der Waals surface area contributed by atoms with Gasteiger partial charge in [-0.05, 0) is 154 Å². The molecule has 6 saturated carbocycles. The Morgan fingerprint density at radius 3 is 0.809 bits per heavy atom. The molecule has 0 N–H and O–H groups in total. The molecule has 7 rings (SSSR count). The first-order valence-corrected chi connectivity index (χ1v) is 26.7. The van der Waals surface area contributed by atoms with Crippen molar-refractivity contribution in [3.63, 3.8) is 0 Å². The minimum absolute atomic E-state index is 0.0465. The molecule has 0 amide bonds. The summed E-state index contributed by atoms with van der Waals surface area (Å²) in [6.07, 6.45) is 54.7. The van der Waals surface area contributed by atoms with Crippen molar-refractivity contribution in [1.29, 1.82) is 0 Å². The van der Waals surface area contributed by atoms with E-state index in [4.69, 9.17) is 0 Å². The van der Waals surface area contributed by atoms with E-state index in [1.165, 1.54) is 34.0 Å². The number of rotatable bonds is 6. The zero-order valence-corrected chi connectivity index (χ0v) is 34.8. The van der Waals surface area contributed by atoms with Gasteiger partial charge in [0.1, 0.15) is 0 Å². The van der Waals surface area contributed by atoms with Crippen LogP contribution in [0.1, 0.15) is 212 Å². The van der Waals surface area contributed by atoms with Crippen LogP contribution in [0.2, 0.25) is 0 Å². The van der Waals surface area contributed by atoms with E-state index >= 15 is 0 Å². The van der Waals surface area contributed by atoms with Crippen molar-refractivity contribution in [2.75, 3.05) is 0 Å². The zero-order chi connectivity index (χ0) is 32.9. The molecule has 47 heavy (non-hydrogen) atoms. The van der Waals surface area contributed by atoms with Crippen LogP contribution in [0.25, 0.3) is 0 Å². The van der Waals surface area contributed by atoms with Gasteiger partial charge in [0.15, 0.2) is 0 Å². The Morgan fingerprint density at radius 1 is 0.426 bits per heavy atom. The van der Waals surface area contributed by atoms with Crippen LogP contribution in [0.5, 0.6) is 0 Å². The molecule has 0 aromatic carbocycles. The van der Waals surface area contributed by atoms with E-state index in [0.29, 0.717) is 0 Å². The first-order chi connectivity index (χ1) is 23.3. The predicted molar refractivity (Wildman–Crippen MR) is 210 cm³/mol. The molecule has 0 aromatic heterocycles. The monoisotopic (exact) mass is 798 g/mol. The molecule has 1 nitrogen and oxygen atoms in total. The molecule has 0 saturated heterocycles. The third kappa shape index (κ3) is 14.6. The third-order valence-electron chi connectivity index (χ3n) is 13.5. The number of carbonyl (C=O) groups is 1. The Kier molecular flexibility index (Phi) is 22.0. The number of ketones is 1. The summed E-state index contributed by atoms with van der Waals surface area (Å²) in [6, 6.07) is 0. The van der Waals surface area contributed by atoms with Gasteiger partial charge in [-0.2, -0.15) is 6.08 Å². The third-order valence-corrected chi connectivity index (χ3v) is 22.6. The molecule has 7 aliphatic rings. The van der Waals surface area contributed by atoms with Crippen LogP contribution in [-0.2, 0) is 23.0 Å². The Labute approximate surface area is 310 Å². The number of hydrogen-bond donors (Lipinski definition) is 0. The summed E-state index contributed by atoms with van der Waals surface area (Å²) in [5, 5.41) is 0. The number of allylic oxidation sites excluding steroid dienone is 2. The van der Waals surface area contributed by atoms with Crippen LogP contribution < -0.4 is 0 Å². The topological polar surface area (TPSA) is 17.1 Å². The summed E-state index contributed by atoms with van der Waals surface area (Å²) in [5.74, 6) is 0.228. The number of halogens is 1. The van der Waals surface area contributed by atoms with Gasteiger partial charge in [-0.3, -0.25) is 6.08 Å². The van der Waals surface area contributed by atoms with Crippen LogP contribution in [0.3, 0.4) is 0 Å². The maximum absolute atomic E-state index is 10.3. The standard InChI is InChI=1S/2C18H33P.C6H7O.ClH.Pd/c2*1-4-10-16(11-5-1)19(17-12-6-2-7-13-17)18-14-8-3-9-15-18;7-6-4-2-1-3-5-6;;/h2*16-18H,1-15H2;5H,1-2,4H2;1H;/q;;-1;;+2/p+1. The van der Waals surface area contributed by atoms with Crippen molar-refractivity contribution in [2.45, 2.75) is 246 Å². The van der Waals surface area contributed by atoms with Crippen molar-refractivity contribution >= 4 is 31.2 Å². The number of hydrogen-bond acceptors (Lipinski definition) is 1. The van der Waals surface area contributed by atoms with E-state index < -0.39 is 0 Å². The van der Waals surface area contributed by atoms with Crippen LogP contribution >= 0.6 is 25.4 Å². The summed E-state index contributed by atoms with van der Waals surface area (Å²) >= 11 is 2.22. The minimum atomic E-state index is -0.0465. The molecule has 7 aliphatic carbocycles. The van der Waals surface area contributed by atoms with Gasteiger partial charge < -0.3 is 4.79 Å². The van der Waals surface area contributed by atoms with Crippen LogP contribution in [0.4, 0.5) is 0 Å². The fourth-order valence-electron chi connectivity index (χ4n) is 11.2. The zero-order valence-electron chi connectivity index (χ0n) is 30.5. The van der Waals surface area contributed by atoms with E-state index in [2.05, 4.69) is 33.8 Å². The van der Waals surface area contributed by atoms with Gasteiger partial charge in [0.2, 0.25) is 0 Å². The molecule has 0 spiro atoms. The second-order valence-electron chi connectivity index (χ2n) is 16.7. The van der Waals surface area contributed by atoms with Crippen molar-refractivity contribution in [2.24, 2.45) is 0 Å². The summed E-state index contributed by atoms with van der Waals surface area (Å²) in [6.45, 7) is 0. The van der Waals surface area contributed by atoms with Gasteiger partial charge in [0, 0.05) is 21.6 Å². The summed E-state index contributed by atoms with van der Waals surface area (Å²) in [5.41, 5.74) is 7.36. The van der Waals surface area contributed by atoms with Crippen LogP contribution in [-0.4, -0.2) is 39.7 Å². The van der Waals surface area contributed by atoms with E-state index in [-0.39, 0.29) is 21.6 Å². The predicted octanol–water partition coefficient (Wildman–Crippen LogP) is 14.2. The SMILES string of the molecule is C1CCC([PH+](C2CCCCC2)C2CCCCC2)CC1.C1CCC([PH+](C2CCCCC2)C2CCCCC2)CC1.O=C1C=[C-]CCC1.[Cl][Pd+]. The summed E-state index contributed by atoms with van der Waals surface area (Å²) in [4.78, 5) is 10.3. The van der Waals surface area contributed by atoms with Crippen molar-refractivity contribution in [3.05, 3.63) is 12.2 Å². The second kappa shape index (κ2) is 25.2. The van der Waals surface area contributed by atoms with E-state index in [1.807, 2.05) is 0 Å². The molecule has 0 aliphatic heterocycles. The van der Waals surface area contributed by atoms with Gasteiger partial charge in [0.05, 0.1) is 34.0 Å². The molecule has 0 bridgehead atoms. The molecule has 0 atom stereocenters. The molecule has 6 fully saturated rings. The molecule has 5 heteroatoms. The van der Waals surface area contributed by atoms with Gasteiger partial charge in [-0.25, -0.2) is 0 Å². The number of carbonyl (C=O) groups excluding carboxylic acids is 1. The van der Waals surface area contributed by atoms with Gasteiger partial charge in [0.25, 0.3) is 0 Å². The fraction of sp³-hybridized carbons (Fsp3) is 0.929. The molecular formula is C42H75ClOP2Pd+2. The quantitative estimate of drug-likeness (QED) is 0.149. The Hall–Kier alpha value is 1.22. The van der Waals surface area contributed by atoms with Crippen molar-refractivity contribution in [3.8, 4) is 0 Å². The Morgan fingerprint density at radius 2 is 0.660 bits per heavy atom. The summed E-state index contributed by atoms with van der Waals surface area (Å²) in [7, 11) is 4.40. The average Bonchev–Trinajstić information content (AvgIpc) is 3.16. The molecule has 0 heterocycles. The van der Waals surface area contributed by atoms with E-state index in [9.17, 15) is 4.79 Å². The first kappa shape index (κ1) is 41.0. The normalized spacial score (nSPS) is 26.5. The first-order valence-electron chi connectivity index (χ1n) is 21.2. The average molecular weight is 800 g/mol. The molecular weight excluding hydrogens is 724 g/mol. The van der Waals surface area contributed by atoms with Crippen molar-refractivity contribution < 1.29 is 23.0 Å². The van der Waals surface area contributed by atoms with Gasteiger partial charge >= 0.3 is 27.7 Å². The molecule has 0 radical (unpaired) electrons. The van der Waals surface area contributed by atoms with Gasteiger partial charge in [-0.15, -0.1) is 6.42 Å². The second-order valence-corrected chi connectivity index (χ2v) is 23.6. The Bertz CT molecular complexity index is 677. The maximum atomic E-state index is 10.3. The van der Waals surface area contributed by atoms with Crippen LogP contribution in [0.15, 0.2) is 6.08 Å². The van der Waals surface area contributed by atoms with E-state index in [1.54, 1.807) is 199 Å². The molecule has 0 unspecified atom stereocenters. The van der Waals surface area contributed by atoms with E-state index in [0.717, 1.165) is 19.3 Å². The van der Waals surface area contributed by atoms with Crippen LogP contribution in [0, 0.1) is 6.08 Å². The Balaban J connectivity index is 0.000000170. The fourth-order valence-corrected chi connectivity index (χ4v) is 21.7. The van der Waals surface area contributed by atoms with Crippen molar-refractivity contribution in [1.82, 2.24) is 0 Å². The van der Waals surface area contributed by atoms with Gasteiger partial charge in [-0.1, -0.05) is 51.4 Å².